The van der Waals surface area contributed by atoms with Crippen molar-refractivity contribution in [1.82, 2.24) is 0 Å². The molecule has 0 fully saturated rings. The lowest BCUT2D eigenvalue weighted by Gasteiger charge is -2.37. The lowest BCUT2D eigenvalue weighted by molar-refractivity contribution is 0.424. The largest absolute Gasteiger partial charge is 0.507 e. The molecule has 0 spiro atoms. The molecule has 0 radical (unpaired) electrons. The monoisotopic (exact) mass is 464 g/mol. The van der Waals surface area contributed by atoms with Gasteiger partial charge in [0, 0.05) is 0 Å². The van der Waals surface area contributed by atoms with Crippen LogP contribution in [0.1, 0.15) is 52.7 Å². The van der Waals surface area contributed by atoms with E-state index in [2.05, 4.69) is 145 Å². The molecule has 0 saturated carbocycles. The third-order valence-corrected chi connectivity index (χ3v) is 11.5. The van der Waals surface area contributed by atoms with Crippen molar-refractivity contribution in [2.24, 2.45) is 0 Å². The van der Waals surface area contributed by atoms with Gasteiger partial charge in [-0.05, 0) is 42.7 Å². The maximum atomic E-state index is 11.5. The highest BCUT2D eigenvalue weighted by atomic mass is 28.3. The average Bonchev–Trinajstić information content (AvgIpc) is 2.81. The van der Waals surface area contributed by atoms with Crippen LogP contribution in [0.4, 0.5) is 0 Å². The van der Waals surface area contributed by atoms with E-state index in [1.165, 1.54) is 20.7 Å². The van der Waals surface area contributed by atoms with Crippen molar-refractivity contribution in [3.05, 3.63) is 114 Å². The van der Waals surface area contributed by atoms with Crippen LogP contribution in [0.2, 0.25) is 0 Å². The number of hydrogen-bond donors (Lipinski definition) is 1. The summed E-state index contributed by atoms with van der Waals surface area (Å²) in [6, 6.07) is 37.5. The third-order valence-electron chi connectivity index (χ3n) is 6.78. The lowest BCUT2D eigenvalue weighted by Crippen LogP contribution is -2.75. The molecule has 0 aliphatic rings. The molecular formula is C32H36OSi. The van der Waals surface area contributed by atoms with Gasteiger partial charge in [-0.1, -0.05) is 145 Å². The minimum atomic E-state index is -2.65. The second kappa shape index (κ2) is 8.92. The first-order valence-electron chi connectivity index (χ1n) is 12.1. The fourth-order valence-corrected chi connectivity index (χ4v) is 9.86. The van der Waals surface area contributed by atoms with Crippen LogP contribution in [0.25, 0.3) is 0 Å². The summed E-state index contributed by atoms with van der Waals surface area (Å²) in [5.74, 6) is 0.431. The second-order valence-corrected chi connectivity index (χ2v) is 15.1. The number of aromatic hydroxyl groups is 1. The van der Waals surface area contributed by atoms with Gasteiger partial charge in [0.25, 0.3) is 0 Å². The Kier molecular flexibility index (Phi) is 6.31. The molecule has 1 nitrogen and oxygen atoms in total. The first-order valence-corrected chi connectivity index (χ1v) is 14.1. The van der Waals surface area contributed by atoms with Crippen molar-refractivity contribution in [3.8, 4) is 5.75 Å². The summed E-state index contributed by atoms with van der Waals surface area (Å²) in [5.41, 5.74) is 1.64. The Morgan fingerprint density at radius 3 is 1.03 bits per heavy atom. The van der Waals surface area contributed by atoms with E-state index in [1.54, 1.807) is 0 Å². The van der Waals surface area contributed by atoms with E-state index in [4.69, 9.17) is 0 Å². The molecule has 34 heavy (non-hydrogen) atoms. The van der Waals surface area contributed by atoms with Gasteiger partial charge in [0.15, 0.2) is 8.07 Å². The molecule has 4 aromatic rings. The third kappa shape index (κ3) is 4.23. The van der Waals surface area contributed by atoms with Crippen molar-refractivity contribution in [2.75, 3.05) is 0 Å². The molecule has 0 aliphatic carbocycles. The van der Waals surface area contributed by atoms with Gasteiger partial charge in [0.2, 0.25) is 0 Å². The Balaban J connectivity index is 2.23. The summed E-state index contributed by atoms with van der Waals surface area (Å²) in [5, 5.41) is 16.8. The van der Waals surface area contributed by atoms with Gasteiger partial charge in [-0.2, -0.15) is 0 Å². The predicted molar refractivity (Wildman–Crippen MR) is 149 cm³/mol. The van der Waals surface area contributed by atoms with Crippen molar-refractivity contribution < 1.29 is 5.11 Å². The summed E-state index contributed by atoms with van der Waals surface area (Å²) in [6.07, 6.45) is 0. The van der Waals surface area contributed by atoms with Crippen LogP contribution in [0, 0.1) is 0 Å². The molecule has 0 aromatic heterocycles. The highest BCUT2D eigenvalue weighted by Gasteiger charge is 2.43. The number of benzene rings is 4. The Labute approximate surface area is 206 Å². The normalized spacial score (nSPS) is 12.5. The van der Waals surface area contributed by atoms with E-state index in [-0.39, 0.29) is 10.8 Å². The van der Waals surface area contributed by atoms with E-state index in [9.17, 15) is 5.11 Å². The van der Waals surface area contributed by atoms with E-state index in [0.717, 1.165) is 11.1 Å². The Morgan fingerprint density at radius 2 is 0.765 bits per heavy atom. The Bertz CT molecular complexity index is 1120. The van der Waals surface area contributed by atoms with Crippen molar-refractivity contribution in [1.29, 1.82) is 0 Å². The van der Waals surface area contributed by atoms with Gasteiger partial charge in [-0.15, -0.1) is 0 Å². The van der Waals surface area contributed by atoms with Crippen LogP contribution < -0.4 is 20.7 Å². The first-order chi connectivity index (χ1) is 16.1. The smallest absolute Gasteiger partial charge is 0.179 e. The van der Waals surface area contributed by atoms with Gasteiger partial charge in [-0.3, -0.25) is 0 Å². The van der Waals surface area contributed by atoms with Crippen LogP contribution >= 0.6 is 0 Å². The molecule has 0 unspecified atom stereocenters. The zero-order chi connectivity index (χ0) is 24.6. The topological polar surface area (TPSA) is 20.2 Å². The highest BCUT2D eigenvalue weighted by Crippen LogP contribution is 2.38. The summed E-state index contributed by atoms with van der Waals surface area (Å²) >= 11 is 0. The quantitative estimate of drug-likeness (QED) is 0.318. The second-order valence-electron chi connectivity index (χ2n) is 11.3. The molecule has 174 valence electrons. The number of rotatable bonds is 4. The molecule has 0 aliphatic heterocycles. The predicted octanol–water partition coefficient (Wildman–Crippen LogP) is 5.36. The zero-order valence-electron chi connectivity index (χ0n) is 21.3. The fraction of sp³-hybridized carbons (Fsp3) is 0.250. The number of phenols is 1. The summed E-state index contributed by atoms with van der Waals surface area (Å²) in [4.78, 5) is 0. The molecule has 1 N–H and O–H groups in total. The summed E-state index contributed by atoms with van der Waals surface area (Å²) < 4.78 is 0. The van der Waals surface area contributed by atoms with Crippen LogP contribution in [0.3, 0.4) is 0 Å². The van der Waals surface area contributed by atoms with Crippen LogP contribution in [-0.2, 0) is 10.8 Å². The SMILES string of the molecule is CC(C)(C)c1cc([Si](c2ccccc2)(c2ccccc2)c2ccccc2)cc(C(C)(C)C)c1O. The molecule has 0 atom stereocenters. The van der Waals surface area contributed by atoms with Crippen LogP contribution in [0.15, 0.2) is 103 Å². The van der Waals surface area contributed by atoms with E-state index >= 15 is 0 Å². The molecule has 0 amide bonds. The number of phenolic OH excluding ortho intramolecular Hbond substituents is 1. The average molecular weight is 465 g/mol. The molecule has 0 bridgehead atoms. The fourth-order valence-electron chi connectivity index (χ4n) is 5.06. The lowest BCUT2D eigenvalue weighted by atomic mass is 9.79. The molecular weight excluding hydrogens is 428 g/mol. The minimum Gasteiger partial charge on any atom is -0.507 e. The standard InChI is InChI=1S/C32H36OSi/c1-31(2,3)28-22-27(23-29(30(28)33)32(4,5)6)34(24-16-10-7-11-17-24,25-18-12-8-13-19-25)26-20-14-9-15-21-26/h7-23,33H,1-6H3. The highest BCUT2D eigenvalue weighted by molar-refractivity contribution is 7.19. The first kappa shape index (κ1) is 24.0. The van der Waals surface area contributed by atoms with Crippen molar-refractivity contribution >= 4 is 28.8 Å². The molecule has 0 heterocycles. The summed E-state index contributed by atoms with van der Waals surface area (Å²) in [6.45, 7) is 13.1. The van der Waals surface area contributed by atoms with E-state index in [1.807, 2.05) is 0 Å². The summed E-state index contributed by atoms with van der Waals surface area (Å²) in [7, 11) is -2.65. The van der Waals surface area contributed by atoms with E-state index < -0.39 is 8.07 Å². The van der Waals surface area contributed by atoms with Crippen molar-refractivity contribution in [3.63, 3.8) is 0 Å². The Morgan fingerprint density at radius 1 is 0.471 bits per heavy atom. The molecule has 2 heteroatoms. The van der Waals surface area contributed by atoms with Gasteiger partial charge in [0.05, 0.1) is 0 Å². The molecule has 4 rings (SSSR count). The van der Waals surface area contributed by atoms with Gasteiger partial charge < -0.3 is 5.11 Å². The minimum absolute atomic E-state index is 0.190. The van der Waals surface area contributed by atoms with Gasteiger partial charge >= 0.3 is 0 Å². The maximum absolute atomic E-state index is 11.5. The molecule has 4 aromatic carbocycles. The number of hydrogen-bond acceptors (Lipinski definition) is 1. The Hall–Kier alpha value is -3.10. The van der Waals surface area contributed by atoms with E-state index in [0.29, 0.717) is 5.75 Å². The molecule has 0 saturated heterocycles. The van der Waals surface area contributed by atoms with Gasteiger partial charge in [0.1, 0.15) is 5.75 Å². The zero-order valence-corrected chi connectivity index (χ0v) is 22.3. The maximum Gasteiger partial charge on any atom is 0.179 e. The van der Waals surface area contributed by atoms with Gasteiger partial charge in [-0.25, -0.2) is 0 Å². The van der Waals surface area contributed by atoms with Crippen LogP contribution in [-0.4, -0.2) is 13.2 Å². The van der Waals surface area contributed by atoms with Crippen molar-refractivity contribution in [2.45, 2.75) is 52.4 Å². The van der Waals surface area contributed by atoms with Crippen LogP contribution in [0.5, 0.6) is 5.75 Å².